The molecule has 1 atom stereocenters. The van der Waals surface area contributed by atoms with Crippen molar-refractivity contribution in [3.05, 3.63) is 47.5 Å². The summed E-state index contributed by atoms with van der Waals surface area (Å²) in [7, 11) is 0. The second-order valence-electron chi connectivity index (χ2n) is 4.89. The standard InChI is InChI=1S/C15H20N4O2/c1-3-12-8-11(9-14(18-12)19-16)15(20)17-10(2)7-13-5-4-6-21-13/h4-6,8-10H,3,7,16H2,1-2H3,(H,17,20)(H,18,19). The Morgan fingerprint density at radius 3 is 2.90 bits per heavy atom. The minimum absolute atomic E-state index is 0.0313. The largest absolute Gasteiger partial charge is 0.469 e. The van der Waals surface area contributed by atoms with Crippen LogP contribution in [0.4, 0.5) is 5.82 Å². The summed E-state index contributed by atoms with van der Waals surface area (Å²) in [5, 5.41) is 2.94. The quantitative estimate of drug-likeness (QED) is 0.557. The van der Waals surface area contributed by atoms with Gasteiger partial charge in [-0.05, 0) is 37.6 Å². The zero-order valence-corrected chi connectivity index (χ0v) is 12.2. The van der Waals surface area contributed by atoms with Crippen molar-refractivity contribution >= 4 is 11.7 Å². The number of nitrogens with zero attached hydrogens (tertiary/aromatic N) is 1. The van der Waals surface area contributed by atoms with Crippen LogP contribution < -0.4 is 16.6 Å². The van der Waals surface area contributed by atoms with Crippen molar-refractivity contribution in [1.82, 2.24) is 10.3 Å². The third-order valence-corrected chi connectivity index (χ3v) is 3.12. The highest BCUT2D eigenvalue weighted by molar-refractivity contribution is 5.95. The van der Waals surface area contributed by atoms with E-state index in [1.165, 1.54) is 0 Å². The number of pyridine rings is 1. The molecule has 6 nitrogen and oxygen atoms in total. The number of rotatable bonds is 6. The van der Waals surface area contributed by atoms with Gasteiger partial charge in [-0.2, -0.15) is 0 Å². The highest BCUT2D eigenvalue weighted by Crippen LogP contribution is 2.11. The number of nitrogens with one attached hydrogen (secondary N) is 2. The van der Waals surface area contributed by atoms with Crippen molar-refractivity contribution in [2.75, 3.05) is 5.43 Å². The van der Waals surface area contributed by atoms with Gasteiger partial charge in [0.15, 0.2) is 0 Å². The molecule has 0 aliphatic carbocycles. The fourth-order valence-electron chi connectivity index (χ4n) is 2.06. The number of hydrogen-bond donors (Lipinski definition) is 3. The van der Waals surface area contributed by atoms with Gasteiger partial charge in [0.2, 0.25) is 0 Å². The van der Waals surface area contributed by atoms with Gasteiger partial charge in [-0.3, -0.25) is 4.79 Å². The third kappa shape index (κ3) is 4.06. The predicted molar refractivity (Wildman–Crippen MR) is 80.8 cm³/mol. The lowest BCUT2D eigenvalue weighted by molar-refractivity contribution is 0.0939. The molecular weight excluding hydrogens is 268 g/mol. The number of aromatic nitrogens is 1. The maximum Gasteiger partial charge on any atom is 0.251 e. The second-order valence-corrected chi connectivity index (χ2v) is 4.89. The molecule has 0 saturated heterocycles. The molecule has 21 heavy (non-hydrogen) atoms. The Balaban J connectivity index is 2.05. The number of nitrogens with two attached hydrogens (primary N) is 1. The minimum atomic E-state index is -0.150. The molecule has 0 bridgehead atoms. The molecule has 1 amide bonds. The van der Waals surface area contributed by atoms with Gasteiger partial charge in [-0.15, -0.1) is 0 Å². The predicted octanol–water partition coefficient (Wildman–Crippen LogP) is 1.88. The second kappa shape index (κ2) is 6.90. The molecule has 4 N–H and O–H groups in total. The summed E-state index contributed by atoms with van der Waals surface area (Å²) in [6, 6.07) is 7.10. The van der Waals surface area contributed by atoms with Crippen LogP contribution in [0.3, 0.4) is 0 Å². The maximum atomic E-state index is 12.3. The topological polar surface area (TPSA) is 93.2 Å². The summed E-state index contributed by atoms with van der Waals surface area (Å²) in [5.74, 6) is 6.56. The van der Waals surface area contributed by atoms with E-state index < -0.39 is 0 Å². The summed E-state index contributed by atoms with van der Waals surface area (Å²) in [4.78, 5) is 16.5. The summed E-state index contributed by atoms with van der Waals surface area (Å²) in [6.45, 7) is 3.91. The molecule has 2 heterocycles. The van der Waals surface area contributed by atoms with E-state index >= 15 is 0 Å². The average Bonchev–Trinajstić information content (AvgIpc) is 2.99. The molecule has 112 valence electrons. The van der Waals surface area contributed by atoms with E-state index in [9.17, 15) is 4.79 Å². The van der Waals surface area contributed by atoms with Crippen molar-refractivity contribution in [3.8, 4) is 0 Å². The van der Waals surface area contributed by atoms with Gasteiger partial charge in [-0.1, -0.05) is 6.92 Å². The van der Waals surface area contributed by atoms with Crippen molar-refractivity contribution in [3.63, 3.8) is 0 Å². The maximum absolute atomic E-state index is 12.3. The van der Waals surface area contributed by atoms with Gasteiger partial charge in [0.1, 0.15) is 11.6 Å². The van der Waals surface area contributed by atoms with Crippen molar-refractivity contribution in [1.29, 1.82) is 0 Å². The first-order valence-electron chi connectivity index (χ1n) is 6.93. The number of carbonyl (C=O) groups excluding carboxylic acids is 1. The number of furan rings is 1. The molecule has 0 aromatic carbocycles. The van der Waals surface area contributed by atoms with Gasteiger partial charge in [0, 0.05) is 23.7 Å². The van der Waals surface area contributed by atoms with E-state index in [0.29, 0.717) is 17.8 Å². The van der Waals surface area contributed by atoms with Gasteiger partial charge in [0.25, 0.3) is 5.91 Å². The average molecular weight is 288 g/mol. The van der Waals surface area contributed by atoms with Crippen LogP contribution in [-0.4, -0.2) is 16.9 Å². The van der Waals surface area contributed by atoms with Crippen LogP contribution in [0.5, 0.6) is 0 Å². The van der Waals surface area contributed by atoms with E-state index in [-0.39, 0.29) is 11.9 Å². The van der Waals surface area contributed by atoms with Crippen molar-refractivity contribution in [2.45, 2.75) is 32.7 Å². The van der Waals surface area contributed by atoms with Crippen molar-refractivity contribution < 1.29 is 9.21 Å². The van der Waals surface area contributed by atoms with Crippen LogP contribution in [0.15, 0.2) is 34.9 Å². The number of hydrogen-bond acceptors (Lipinski definition) is 5. The van der Waals surface area contributed by atoms with Crippen LogP contribution in [0.1, 0.15) is 35.7 Å². The summed E-state index contributed by atoms with van der Waals surface area (Å²) in [6.07, 6.45) is 3.00. The first kappa shape index (κ1) is 15.1. The van der Waals surface area contributed by atoms with E-state index in [0.717, 1.165) is 17.9 Å². The summed E-state index contributed by atoms with van der Waals surface area (Å²) >= 11 is 0. The molecule has 1 unspecified atom stereocenters. The number of anilines is 1. The summed E-state index contributed by atoms with van der Waals surface area (Å²) < 4.78 is 5.28. The van der Waals surface area contributed by atoms with Crippen LogP contribution in [0, 0.1) is 0 Å². The molecule has 0 aliphatic rings. The third-order valence-electron chi connectivity index (χ3n) is 3.12. The lowest BCUT2D eigenvalue weighted by Crippen LogP contribution is -2.34. The monoisotopic (exact) mass is 288 g/mol. The van der Waals surface area contributed by atoms with Gasteiger partial charge in [0.05, 0.1) is 6.26 Å². The molecule has 2 aromatic rings. The Labute approximate surface area is 123 Å². The van der Waals surface area contributed by atoms with Crippen LogP contribution in [0.2, 0.25) is 0 Å². The molecule has 2 aromatic heterocycles. The fourth-order valence-corrected chi connectivity index (χ4v) is 2.06. The number of carbonyl (C=O) groups is 1. The van der Waals surface area contributed by atoms with Gasteiger partial charge < -0.3 is 15.2 Å². The van der Waals surface area contributed by atoms with E-state index in [1.807, 2.05) is 26.0 Å². The van der Waals surface area contributed by atoms with Crippen LogP contribution in [-0.2, 0) is 12.8 Å². The lowest BCUT2D eigenvalue weighted by atomic mass is 10.1. The normalized spacial score (nSPS) is 12.0. The Hall–Kier alpha value is -2.34. The zero-order valence-electron chi connectivity index (χ0n) is 12.2. The van der Waals surface area contributed by atoms with Crippen molar-refractivity contribution in [2.24, 2.45) is 5.84 Å². The Bertz CT molecular complexity index is 573. The summed E-state index contributed by atoms with van der Waals surface area (Å²) in [5.41, 5.74) is 3.84. The molecule has 0 aliphatic heterocycles. The van der Waals surface area contributed by atoms with E-state index in [1.54, 1.807) is 18.4 Å². The first-order chi connectivity index (χ1) is 10.1. The van der Waals surface area contributed by atoms with Gasteiger partial charge >= 0.3 is 0 Å². The SMILES string of the molecule is CCc1cc(C(=O)NC(C)Cc2ccco2)cc(NN)n1. The van der Waals surface area contributed by atoms with E-state index in [2.05, 4.69) is 15.7 Å². The van der Waals surface area contributed by atoms with Crippen LogP contribution in [0.25, 0.3) is 0 Å². The number of amides is 1. The molecule has 0 radical (unpaired) electrons. The molecular formula is C15H20N4O2. The molecule has 0 saturated carbocycles. The van der Waals surface area contributed by atoms with E-state index in [4.69, 9.17) is 10.3 Å². The Morgan fingerprint density at radius 1 is 1.48 bits per heavy atom. The minimum Gasteiger partial charge on any atom is -0.469 e. The number of aryl methyl sites for hydroxylation is 1. The Morgan fingerprint density at radius 2 is 2.29 bits per heavy atom. The number of hydrazine groups is 1. The smallest absolute Gasteiger partial charge is 0.251 e. The molecule has 0 fully saturated rings. The van der Waals surface area contributed by atoms with Gasteiger partial charge in [-0.25, -0.2) is 10.8 Å². The molecule has 6 heteroatoms. The highest BCUT2D eigenvalue weighted by atomic mass is 16.3. The first-order valence-corrected chi connectivity index (χ1v) is 6.93. The molecule has 2 rings (SSSR count). The lowest BCUT2D eigenvalue weighted by Gasteiger charge is -2.13. The zero-order chi connectivity index (χ0) is 15.2. The Kier molecular flexibility index (Phi) is 4.94. The van der Waals surface area contributed by atoms with Crippen LogP contribution >= 0.6 is 0 Å². The number of nitrogen functional groups attached to an aromatic ring is 1. The fraction of sp³-hybridized carbons (Fsp3) is 0.333. The highest BCUT2D eigenvalue weighted by Gasteiger charge is 2.13. The molecule has 0 spiro atoms.